The number of nitrogens with one attached hydrogen (secondary N) is 1. The number of anilines is 1. The molecule has 144 valence electrons. The number of aromatic nitrogens is 4. The molecule has 3 rings (SSSR count). The molecule has 0 aliphatic heterocycles. The Kier molecular flexibility index (Phi) is 4.98. The smallest absolute Gasteiger partial charge is 0.346 e. The highest BCUT2D eigenvalue weighted by Gasteiger charge is 2.25. The molecule has 3 aromatic rings. The standard InChI is InChI=1S/C17H16N6O4S/c1-4-10(14(24)21-13-9(5-18)6-20-22(13)3)23-7-19-15-11(16(23)25)8(2)12(28-15)17(26)27/h6-7,10H,4H2,1-3H3,(H,21,24)(H,26,27). The summed E-state index contributed by atoms with van der Waals surface area (Å²) in [4.78, 5) is 41.6. The summed E-state index contributed by atoms with van der Waals surface area (Å²) in [5.74, 6) is -1.40. The highest BCUT2D eigenvalue weighted by molar-refractivity contribution is 7.20. The second-order valence-electron chi connectivity index (χ2n) is 6.05. The number of carbonyl (C=O) groups excluding carboxylic acids is 1. The second-order valence-corrected chi connectivity index (χ2v) is 7.05. The van der Waals surface area contributed by atoms with Gasteiger partial charge in [0.2, 0.25) is 5.91 Å². The van der Waals surface area contributed by atoms with E-state index in [0.717, 1.165) is 11.3 Å². The Labute approximate surface area is 162 Å². The van der Waals surface area contributed by atoms with E-state index in [1.165, 1.54) is 21.8 Å². The fourth-order valence-electron chi connectivity index (χ4n) is 2.94. The SMILES string of the molecule is CCC(C(=O)Nc1c(C#N)cnn1C)n1cnc2sc(C(=O)O)c(C)c2c1=O. The first-order valence-corrected chi connectivity index (χ1v) is 9.08. The van der Waals surface area contributed by atoms with Crippen LogP contribution in [-0.2, 0) is 11.8 Å². The van der Waals surface area contributed by atoms with E-state index in [1.807, 2.05) is 6.07 Å². The Hall–Kier alpha value is -3.52. The van der Waals surface area contributed by atoms with Gasteiger partial charge in [-0.05, 0) is 18.9 Å². The molecule has 0 aliphatic carbocycles. The molecular weight excluding hydrogens is 384 g/mol. The normalized spacial score (nSPS) is 11.9. The zero-order chi connectivity index (χ0) is 20.6. The molecule has 0 aliphatic rings. The average Bonchev–Trinajstić information content (AvgIpc) is 3.18. The number of hydrogen-bond donors (Lipinski definition) is 2. The monoisotopic (exact) mass is 400 g/mol. The number of thiophene rings is 1. The zero-order valence-electron chi connectivity index (χ0n) is 15.3. The second kappa shape index (κ2) is 7.24. The van der Waals surface area contributed by atoms with Gasteiger partial charge in [-0.2, -0.15) is 10.4 Å². The maximum atomic E-state index is 13.0. The lowest BCUT2D eigenvalue weighted by molar-refractivity contribution is -0.119. The van der Waals surface area contributed by atoms with Crippen molar-refractivity contribution in [2.45, 2.75) is 26.3 Å². The predicted molar refractivity (Wildman–Crippen MR) is 101 cm³/mol. The van der Waals surface area contributed by atoms with Crippen molar-refractivity contribution in [1.29, 1.82) is 5.26 Å². The number of aromatic carboxylic acids is 1. The van der Waals surface area contributed by atoms with Gasteiger partial charge in [0.05, 0.1) is 17.9 Å². The molecule has 3 heterocycles. The van der Waals surface area contributed by atoms with Crippen LogP contribution in [0.15, 0.2) is 17.3 Å². The van der Waals surface area contributed by atoms with Crippen LogP contribution in [0.5, 0.6) is 0 Å². The highest BCUT2D eigenvalue weighted by atomic mass is 32.1. The number of amides is 1. The number of carboxylic acids is 1. The van der Waals surface area contributed by atoms with Crippen molar-refractivity contribution in [2.24, 2.45) is 7.05 Å². The first kappa shape index (κ1) is 19.2. The summed E-state index contributed by atoms with van der Waals surface area (Å²) in [6.07, 6.45) is 2.86. The number of hydrogen-bond acceptors (Lipinski definition) is 7. The van der Waals surface area contributed by atoms with E-state index in [9.17, 15) is 19.5 Å². The van der Waals surface area contributed by atoms with Crippen LogP contribution < -0.4 is 10.9 Å². The van der Waals surface area contributed by atoms with E-state index in [2.05, 4.69) is 15.4 Å². The van der Waals surface area contributed by atoms with Crippen LogP contribution in [0.1, 0.15) is 40.2 Å². The lowest BCUT2D eigenvalue weighted by Crippen LogP contribution is -2.33. The molecule has 10 nitrogen and oxygen atoms in total. The quantitative estimate of drug-likeness (QED) is 0.663. The van der Waals surface area contributed by atoms with E-state index in [1.54, 1.807) is 20.9 Å². The van der Waals surface area contributed by atoms with Gasteiger partial charge in [-0.3, -0.25) is 18.8 Å². The summed E-state index contributed by atoms with van der Waals surface area (Å²) in [7, 11) is 1.58. The fraction of sp³-hybridized carbons (Fsp3) is 0.294. The van der Waals surface area contributed by atoms with Crippen molar-refractivity contribution in [3.05, 3.63) is 38.9 Å². The number of carbonyl (C=O) groups is 2. The van der Waals surface area contributed by atoms with Gasteiger partial charge in [0.15, 0.2) is 0 Å². The molecular formula is C17H16N6O4S. The van der Waals surface area contributed by atoms with Crippen molar-refractivity contribution in [3.63, 3.8) is 0 Å². The van der Waals surface area contributed by atoms with E-state index >= 15 is 0 Å². The van der Waals surface area contributed by atoms with Crippen LogP contribution in [0.4, 0.5) is 5.82 Å². The molecule has 0 radical (unpaired) electrons. The van der Waals surface area contributed by atoms with E-state index in [-0.39, 0.29) is 28.1 Å². The minimum atomic E-state index is -1.13. The molecule has 0 spiro atoms. The average molecular weight is 400 g/mol. The van der Waals surface area contributed by atoms with Gasteiger partial charge in [0, 0.05) is 7.05 Å². The summed E-state index contributed by atoms with van der Waals surface area (Å²) >= 11 is 0.921. The van der Waals surface area contributed by atoms with Gasteiger partial charge in [-0.15, -0.1) is 11.3 Å². The number of nitrogens with zero attached hydrogens (tertiary/aromatic N) is 5. The van der Waals surface area contributed by atoms with Gasteiger partial charge >= 0.3 is 5.97 Å². The molecule has 0 aromatic carbocycles. The molecule has 1 atom stereocenters. The van der Waals surface area contributed by atoms with Gasteiger partial charge < -0.3 is 10.4 Å². The van der Waals surface area contributed by atoms with Crippen molar-refractivity contribution in [3.8, 4) is 6.07 Å². The minimum Gasteiger partial charge on any atom is -0.477 e. The fourth-order valence-corrected chi connectivity index (χ4v) is 3.92. The molecule has 28 heavy (non-hydrogen) atoms. The molecule has 0 saturated heterocycles. The lowest BCUT2D eigenvalue weighted by atomic mass is 10.1. The minimum absolute atomic E-state index is 0.0448. The summed E-state index contributed by atoms with van der Waals surface area (Å²) in [6.45, 7) is 3.28. The highest BCUT2D eigenvalue weighted by Crippen LogP contribution is 2.27. The topological polar surface area (TPSA) is 143 Å². The van der Waals surface area contributed by atoms with Crippen LogP contribution in [0.2, 0.25) is 0 Å². The summed E-state index contributed by atoms with van der Waals surface area (Å²) in [5.41, 5.74) is 0.0400. The number of carboxylic acid groups (broad SMARTS) is 1. The summed E-state index contributed by atoms with van der Waals surface area (Å²) in [5, 5.41) is 25.1. The van der Waals surface area contributed by atoms with Crippen molar-refractivity contribution >= 4 is 39.2 Å². The van der Waals surface area contributed by atoms with Crippen LogP contribution >= 0.6 is 11.3 Å². The molecule has 0 fully saturated rings. The predicted octanol–water partition coefficient (Wildman–Crippen LogP) is 1.66. The first-order valence-electron chi connectivity index (χ1n) is 8.26. The Balaban J connectivity index is 2.05. The maximum absolute atomic E-state index is 13.0. The van der Waals surface area contributed by atoms with E-state index < -0.39 is 23.5 Å². The first-order chi connectivity index (χ1) is 13.3. The van der Waals surface area contributed by atoms with Crippen LogP contribution in [-0.4, -0.2) is 36.3 Å². The van der Waals surface area contributed by atoms with Gasteiger partial charge in [-0.25, -0.2) is 9.78 Å². The van der Waals surface area contributed by atoms with E-state index in [4.69, 9.17) is 5.26 Å². The molecule has 0 bridgehead atoms. The van der Waals surface area contributed by atoms with E-state index in [0.29, 0.717) is 10.4 Å². The van der Waals surface area contributed by atoms with Gasteiger partial charge in [0.1, 0.15) is 33.2 Å². The molecule has 0 saturated carbocycles. The van der Waals surface area contributed by atoms with Crippen LogP contribution in [0.25, 0.3) is 10.2 Å². The Bertz CT molecular complexity index is 1200. The molecule has 1 unspecified atom stereocenters. The third kappa shape index (κ3) is 3.03. The molecule has 3 aromatic heterocycles. The van der Waals surface area contributed by atoms with Crippen LogP contribution in [0, 0.1) is 18.3 Å². The third-order valence-electron chi connectivity index (χ3n) is 4.40. The number of nitriles is 1. The molecule has 2 N–H and O–H groups in total. The Morgan fingerprint density at radius 2 is 2.18 bits per heavy atom. The van der Waals surface area contributed by atoms with Gasteiger partial charge in [-0.1, -0.05) is 6.92 Å². The summed E-state index contributed by atoms with van der Waals surface area (Å²) in [6, 6.07) is 1.05. The van der Waals surface area contributed by atoms with Crippen molar-refractivity contribution < 1.29 is 14.7 Å². The number of fused-ring (bicyclic) bond motifs is 1. The third-order valence-corrected chi connectivity index (χ3v) is 5.58. The Morgan fingerprint density at radius 1 is 1.46 bits per heavy atom. The van der Waals surface area contributed by atoms with Crippen LogP contribution in [0.3, 0.4) is 0 Å². The maximum Gasteiger partial charge on any atom is 0.346 e. The van der Waals surface area contributed by atoms with Gasteiger partial charge in [0.25, 0.3) is 5.56 Å². The number of rotatable bonds is 5. The van der Waals surface area contributed by atoms with Crippen molar-refractivity contribution in [1.82, 2.24) is 19.3 Å². The number of aryl methyl sites for hydroxylation is 2. The molecule has 11 heteroatoms. The largest absolute Gasteiger partial charge is 0.477 e. The Morgan fingerprint density at radius 3 is 2.79 bits per heavy atom. The molecule has 1 amide bonds. The summed E-state index contributed by atoms with van der Waals surface area (Å²) < 4.78 is 2.54. The zero-order valence-corrected chi connectivity index (χ0v) is 16.1. The van der Waals surface area contributed by atoms with Crippen molar-refractivity contribution in [2.75, 3.05) is 5.32 Å². The lowest BCUT2D eigenvalue weighted by Gasteiger charge is -2.17.